The monoisotopic (exact) mass is 376 g/mol. The summed E-state index contributed by atoms with van der Waals surface area (Å²) < 4.78 is 0. The van der Waals surface area contributed by atoms with E-state index in [1.807, 2.05) is 67.6 Å². The summed E-state index contributed by atoms with van der Waals surface area (Å²) in [4.78, 5) is 17.9. The largest absolute Gasteiger partial charge is 0.344 e. The molecule has 0 unspecified atom stereocenters. The molecule has 0 aromatic heterocycles. The molecule has 0 heterocycles. The van der Waals surface area contributed by atoms with Gasteiger partial charge in [0.05, 0.1) is 5.69 Å². The first kappa shape index (κ1) is 17.4. The summed E-state index contributed by atoms with van der Waals surface area (Å²) in [5.74, 6) is 0.881. The highest BCUT2D eigenvalue weighted by Crippen LogP contribution is 2.42. The lowest BCUT2D eigenvalue weighted by atomic mass is 9.82. The average Bonchev–Trinajstić information content (AvgIpc) is 2.74. The van der Waals surface area contributed by atoms with Crippen molar-refractivity contribution in [3.8, 4) is 11.1 Å². The number of hydrogen-bond donors (Lipinski definition) is 1. The van der Waals surface area contributed by atoms with E-state index < -0.39 is 0 Å². The minimum Gasteiger partial charge on any atom is -0.344 e. The standard InChI is InChI=1S/C26H20N2O/c1-16-10-12-18(13-11-16)27-17(2)28-24-15-14-20-19-6-3-4-7-21(19)26(29)23-9-5-8-22(24)25(20)23/h3-15H,1-2H3,(H,27,28). The number of carbonyl (C=O) groups is 1. The van der Waals surface area contributed by atoms with Gasteiger partial charge in [0, 0.05) is 27.6 Å². The number of fused-ring (bicyclic) bond motifs is 2. The summed E-state index contributed by atoms with van der Waals surface area (Å²) >= 11 is 0. The maximum absolute atomic E-state index is 13.0. The van der Waals surface area contributed by atoms with Crippen molar-refractivity contribution in [1.82, 2.24) is 0 Å². The summed E-state index contributed by atoms with van der Waals surface area (Å²) in [5.41, 5.74) is 6.68. The quantitative estimate of drug-likeness (QED) is 0.281. The van der Waals surface area contributed by atoms with Gasteiger partial charge < -0.3 is 5.32 Å². The van der Waals surface area contributed by atoms with Crippen molar-refractivity contribution in [2.24, 2.45) is 4.99 Å². The minimum absolute atomic E-state index is 0.0781. The lowest BCUT2D eigenvalue weighted by molar-refractivity contribution is 0.104. The molecule has 29 heavy (non-hydrogen) atoms. The highest BCUT2D eigenvalue weighted by Gasteiger charge is 2.25. The molecule has 1 aliphatic carbocycles. The molecular weight excluding hydrogens is 356 g/mol. The number of rotatable bonds is 2. The predicted molar refractivity (Wildman–Crippen MR) is 120 cm³/mol. The summed E-state index contributed by atoms with van der Waals surface area (Å²) in [6.45, 7) is 4.02. The van der Waals surface area contributed by atoms with Crippen molar-refractivity contribution < 1.29 is 4.79 Å². The van der Waals surface area contributed by atoms with Crippen LogP contribution in [0.1, 0.15) is 28.4 Å². The van der Waals surface area contributed by atoms with E-state index in [2.05, 4.69) is 30.4 Å². The first-order chi connectivity index (χ1) is 14.1. The molecular formula is C26H20N2O. The number of benzene rings is 4. The van der Waals surface area contributed by atoms with Crippen molar-refractivity contribution in [2.45, 2.75) is 13.8 Å². The van der Waals surface area contributed by atoms with Gasteiger partial charge in [-0.25, -0.2) is 4.99 Å². The van der Waals surface area contributed by atoms with Gasteiger partial charge >= 0.3 is 0 Å². The number of nitrogens with zero attached hydrogens (tertiary/aromatic N) is 1. The summed E-state index contributed by atoms with van der Waals surface area (Å²) in [7, 11) is 0. The molecule has 0 amide bonds. The summed E-state index contributed by atoms with van der Waals surface area (Å²) in [6.07, 6.45) is 0. The fraction of sp³-hybridized carbons (Fsp3) is 0.0769. The molecule has 0 saturated carbocycles. The lowest BCUT2D eigenvalue weighted by Crippen LogP contribution is -2.10. The number of ketones is 1. The molecule has 4 aromatic rings. The van der Waals surface area contributed by atoms with Crippen LogP contribution in [-0.2, 0) is 0 Å². The second-order valence-corrected chi connectivity index (χ2v) is 7.42. The third-order valence-corrected chi connectivity index (χ3v) is 5.39. The molecule has 3 nitrogen and oxygen atoms in total. The topological polar surface area (TPSA) is 41.5 Å². The Balaban J connectivity index is 1.63. The van der Waals surface area contributed by atoms with E-state index in [1.54, 1.807) is 0 Å². The van der Waals surface area contributed by atoms with Gasteiger partial charge in [-0.1, -0.05) is 66.2 Å². The molecule has 0 atom stereocenters. The van der Waals surface area contributed by atoms with E-state index in [4.69, 9.17) is 4.99 Å². The third-order valence-electron chi connectivity index (χ3n) is 5.39. The maximum Gasteiger partial charge on any atom is 0.194 e. The van der Waals surface area contributed by atoms with Gasteiger partial charge in [0.15, 0.2) is 5.78 Å². The summed E-state index contributed by atoms with van der Waals surface area (Å²) in [6, 6.07) is 26.1. The zero-order chi connectivity index (χ0) is 20.0. The van der Waals surface area contributed by atoms with Gasteiger partial charge in [-0.3, -0.25) is 4.79 Å². The van der Waals surface area contributed by atoms with Crippen LogP contribution in [0.3, 0.4) is 0 Å². The molecule has 140 valence electrons. The average molecular weight is 376 g/mol. The van der Waals surface area contributed by atoms with E-state index in [0.717, 1.165) is 50.2 Å². The molecule has 0 bridgehead atoms. The van der Waals surface area contributed by atoms with Crippen LogP contribution in [0.5, 0.6) is 0 Å². The molecule has 0 spiro atoms. The number of aryl methyl sites for hydroxylation is 1. The van der Waals surface area contributed by atoms with Gasteiger partial charge in [-0.2, -0.15) is 0 Å². The van der Waals surface area contributed by atoms with Crippen LogP contribution in [-0.4, -0.2) is 11.6 Å². The SMILES string of the molecule is CC(=Nc1ccc2c3c(cccc13)C(=O)c1ccccc1-2)Nc1ccc(C)cc1. The van der Waals surface area contributed by atoms with Crippen LogP contribution in [0.15, 0.2) is 83.9 Å². The maximum atomic E-state index is 13.0. The first-order valence-corrected chi connectivity index (χ1v) is 9.70. The predicted octanol–water partition coefficient (Wildman–Crippen LogP) is 6.52. The molecule has 1 aliphatic rings. The zero-order valence-corrected chi connectivity index (χ0v) is 16.4. The fourth-order valence-electron chi connectivity index (χ4n) is 4.02. The number of carbonyl (C=O) groups excluding carboxylic acids is 1. The van der Waals surface area contributed by atoms with Gasteiger partial charge in [0.25, 0.3) is 0 Å². The number of aliphatic imine (C=N–C) groups is 1. The van der Waals surface area contributed by atoms with E-state index in [-0.39, 0.29) is 5.78 Å². The molecule has 1 N–H and O–H groups in total. The second-order valence-electron chi connectivity index (χ2n) is 7.42. The van der Waals surface area contributed by atoms with Gasteiger partial charge in [-0.15, -0.1) is 0 Å². The van der Waals surface area contributed by atoms with Crippen LogP contribution in [0, 0.1) is 6.92 Å². The first-order valence-electron chi connectivity index (χ1n) is 9.70. The fourth-order valence-corrected chi connectivity index (χ4v) is 4.02. The van der Waals surface area contributed by atoms with Crippen molar-refractivity contribution >= 4 is 33.8 Å². The molecule has 4 aromatic carbocycles. The van der Waals surface area contributed by atoms with Crippen LogP contribution in [0.25, 0.3) is 21.9 Å². The van der Waals surface area contributed by atoms with Crippen molar-refractivity contribution in [3.05, 3.63) is 95.6 Å². The van der Waals surface area contributed by atoms with Gasteiger partial charge in [-0.05, 0) is 43.2 Å². The highest BCUT2D eigenvalue weighted by atomic mass is 16.1. The Kier molecular flexibility index (Phi) is 4.02. The number of hydrogen-bond acceptors (Lipinski definition) is 2. The van der Waals surface area contributed by atoms with Crippen LogP contribution in [0.4, 0.5) is 11.4 Å². The van der Waals surface area contributed by atoms with Gasteiger partial charge in [0.1, 0.15) is 5.84 Å². The molecule has 3 heteroatoms. The number of nitrogens with one attached hydrogen (secondary N) is 1. The van der Waals surface area contributed by atoms with Crippen molar-refractivity contribution in [2.75, 3.05) is 5.32 Å². The Morgan fingerprint density at radius 2 is 1.48 bits per heavy atom. The molecule has 5 rings (SSSR count). The molecule has 0 saturated heterocycles. The van der Waals surface area contributed by atoms with E-state index in [1.165, 1.54) is 5.56 Å². The van der Waals surface area contributed by atoms with E-state index in [0.29, 0.717) is 0 Å². The number of anilines is 1. The van der Waals surface area contributed by atoms with Crippen LogP contribution >= 0.6 is 0 Å². The zero-order valence-electron chi connectivity index (χ0n) is 16.4. The van der Waals surface area contributed by atoms with Crippen LogP contribution < -0.4 is 5.32 Å². The Bertz CT molecular complexity index is 1300. The van der Waals surface area contributed by atoms with E-state index >= 15 is 0 Å². The minimum atomic E-state index is 0.0781. The lowest BCUT2D eigenvalue weighted by Gasteiger charge is -2.20. The normalized spacial score (nSPS) is 12.8. The Labute approximate surface area is 169 Å². The molecule has 0 fully saturated rings. The number of amidine groups is 1. The summed E-state index contributed by atoms with van der Waals surface area (Å²) in [5, 5.41) is 5.33. The Hall–Kier alpha value is -3.72. The molecule has 0 aliphatic heterocycles. The van der Waals surface area contributed by atoms with Crippen molar-refractivity contribution in [3.63, 3.8) is 0 Å². The Morgan fingerprint density at radius 3 is 2.28 bits per heavy atom. The van der Waals surface area contributed by atoms with Gasteiger partial charge in [0.2, 0.25) is 0 Å². The van der Waals surface area contributed by atoms with Crippen molar-refractivity contribution in [1.29, 1.82) is 0 Å². The highest BCUT2D eigenvalue weighted by molar-refractivity contribution is 6.27. The van der Waals surface area contributed by atoms with Crippen LogP contribution in [0.2, 0.25) is 0 Å². The third kappa shape index (κ3) is 2.92. The molecule has 0 radical (unpaired) electrons. The van der Waals surface area contributed by atoms with E-state index in [9.17, 15) is 4.79 Å². The Morgan fingerprint density at radius 1 is 0.759 bits per heavy atom. The second kappa shape index (κ2) is 6.71. The smallest absolute Gasteiger partial charge is 0.194 e.